The van der Waals surface area contributed by atoms with Crippen LogP contribution in [0.4, 0.5) is 5.13 Å². The van der Waals surface area contributed by atoms with Crippen molar-refractivity contribution in [1.82, 2.24) is 10.3 Å². The van der Waals surface area contributed by atoms with Crippen LogP contribution in [-0.2, 0) is 17.8 Å². The lowest BCUT2D eigenvalue weighted by Gasteiger charge is -2.05. The summed E-state index contributed by atoms with van der Waals surface area (Å²) in [7, 11) is 0. The van der Waals surface area contributed by atoms with E-state index in [9.17, 15) is 9.59 Å². The molecule has 2 N–H and O–H groups in total. The van der Waals surface area contributed by atoms with Gasteiger partial charge in [-0.2, -0.15) is 0 Å². The third-order valence-corrected chi connectivity index (χ3v) is 5.20. The Kier molecular flexibility index (Phi) is 7.03. The number of benzene rings is 2. The van der Waals surface area contributed by atoms with E-state index in [1.165, 1.54) is 11.3 Å². The number of aromatic nitrogens is 1. The highest BCUT2D eigenvalue weighted by Crippen LogP contribution is 2.18. The minimum Gasteiger partial charge on any atom is -0.352 e. The number of halogens is 2. The van der Waals surface area contributed by atoms with Gasteiger partial charge in [-0.05, 0) is 48.4 Å². The molecule has 0 fully saturated rings. The zero-order valence-corrected chi connectivity index (χ0v) is 17.1. The Morgan fingerprint density at radius 1 is 0.964 bits per heavy atom. The van der Waals surface area contributed by atoms with Crippen molar-refractivity contribution in [3.05, 3.63) is 80.8 Å². The Hall–Kier alpha value is -2.41. The van der Waals surface area contributed by atoms with E-state index in [4.69, 9.17) is 23.2 Å². The third kappa shape index (κ3) is 6.05. The van der Waals surface area contributed by atoms with Crippen molar-refractivity contribution >= 4 is 51.5 Å². The largest absolute Gasteiger partial charge is 0.352 e. The van der Waals surface area contributed by atoms with Crippen LogP contribution in [0.25, 0.3) is 0 Å². The summed E-state index contributed by atoms with van der Waals surface area (Å²) in [5.41, 5.74) is 2.25. The molecule has 2 aromatic carbocycles. The van der Waals surface area contributed by atoms with Crippen LogP contribution in [0.1, 0.15) is 28.0 Å². The molecule has 28 heavy (non-hydrogen) atoms. The van der Waals surface area contributed by atoms with E-state index >= 15 is 0 Å². The summed E-state index contributed by atoms with van der Waals surface area (Å²) in [5.74, 6) is -0.312. The number of aryl methyl sites for hydroxylation is 1. The molecule has 0 aliphatic rings. The Morgan fingerprint density at radius 2 is 1.61 bits per heavy atom. The zero-order valence-electron chi connectivity index (χ0n) is 14.7. The molecule has 0 aliphatic carbocycles. The first kappa shape index (κ1) is 20.3. The minimum absolute atomic E-state index is 0.0605. The van der Waals surface area contributed by atoms with E-state index in [1.54, 1.807) is 36.4 Å². The average Bonchev–Trinajstić information content (AvgIpc) is 3.13. The smallest absolute Gasteiger partial charge is 0.257 e. The van der Waals surface area contributed by atoms with E-state index in [2.05, 4.69) is 15.6 Å². The summed E-state index contributed by atoms with van der Waals surface area (Å²) in [6, 6.07) is 13.9. The standard InChI is InChI=1S/C20H17Cl2N3O2S/c21-15-5-1-13(2-6-15)11-23-18(26)10-9-17-12-28-20(24-17)25-19(27)14-3-7-16(22)8-4-14/h1-8,12H,9-11H2,(H,23,26)(H,24,25,27). The molecule has 0 atom stereocenters. The van der Waals surface area contributed by atoms with Crippen LogP contribution in [0, 0.1) is 0 Å². The number of anilines is 1. The van der Waals surface area contributed by atoms with Crippen molar-refractivity contribution in [2.24, 2.45) is 0 Å². The van der Waals surface area contributed by atoms with Gasteiger partial charge >= 0.3 is 0 Å². The lowest BCUT2D eigenvalue weighted by atomic mass is 10.2. The fourth-order valence-corrected chi connectivity index (χ4v) is 3.37. The number of nitrogens with zero attached hydrogens (tertiary/aromatic N) is 1. The molecule has 0 saturated carbocycles. The summed E-state index contributed by atoms with van der Waals surface area (Å²) >= 11 is 13.0. The monoisotopic (exact) mass is 433 g/mol. The van der Waals surface area contributed by atoms with Gasteiger partial charge in [-0.1, -0.05) is 35.3 Å². The lowest BCUT2D eigenvalue weighted by Crippen LogP contribution is -2.23. The molecule has 8 heteroatoms. The molecule has 0 aliphatic heterocycles. The fourth-order valence-electron chi connectivity index (χ4n) is 2.38. The highest BCUT2D eigenvalue weighted by Gasteiger charge is 2.10. The predicted octanol–water partition coefficient (Wildman–Crippen LogP) is 4.95. The van der Waals surface area contributed by atoms with Gasteiger partial charge in [0.05, 0.1) is 5.69 Å². The maximum atomic E-state index is 12.2. The first-order valence-electron chi connectivity index (χ1n) is 8.52. The molecular formula is C20H17Cl2N3O2S. The topological polar surface area (TPSA) is 71.1 Å². The number of nitrogens with one attached hydrogen (secondary N) is 2. The van der Waals surface area contributed by atoms with Crippen LogP contribution in [0.5, 0.6) is 0 Å². The maximum Gasteiger partial charge on any atom is 0.257 e. The molecular weight excluding hydrogens is 417 g/mol. The van der Waals surface area contributed by atoms with Crippen LogP contribution < -0.4 is 10.6 Å². The van der Waals surface area contributed by atoms with E-state index in [1.807, 2.05) is 17.5 Å². The number of hydrogen-bond donors (Lipinski definition) is 2. The highest BCUT2D eigenvalue weighted by molar-refractivity contribution is 7.14. The Morgan fingerprint density at radius 3 is 2.29 bits per heavy atom. The number of thiazole rings is 1. The lowest BCUT2D eigenvalue weighted by molar-refractivity contribution is -0.121. The SMILES string of the molecule is O=C(CCc1csc(NC(=O)c2ccc(Cl)cc2)n1)NCc1ccc(Cl)cc1. The Bertz CT molecular complexity index is 956. The van der Waals surface area contributed by atoms with Crippen molar-refractivity contribution in [1.29, 1.82) is 0 Å². The second kappa shape index (κ2) is 9.68. The molecule has 0 spiro atoms. The normalized spacial score (nSPS) is 10.5. The summed E-state index contributed by atoms with van der Waals surface area (Å²) in [6.45, 7) is 0.454. The first-order valence-corrected chi connectivity index (χ1v) is 10.2. The zero-order chi connectivity index (χ0) is 19.9. The highest BCUT2D eigenvalue weighted by atomic mass is 35.5. The van der Waals surface area contributed by atoms with E-state index in [0.29, 0.717) is 40.1 Å². The van der Waals surface area contributed by atoms with Gasteiger partial charge in [0.1, 0.15) is 0 Å². The van der Waals surface area contributed by atoms with Gasteiger partial charge in [0, 0.05) is 34.0 Å². The quantitative estimate of drug-likeness (QED) is 0.553. The van der Waals surface area contributed by atoms with E-state index in [0.717, 1.165) is 11.3 Å². The molecule has 0 radical (unpaired) electrons. The van der Waals surface area contributed by atoms with Crippen molar-refractivity contribution in [2.75, 3.05) is 5.32 Å². The molecule has 2 amide bonds. The minimum atomic E-state index is -0.252. The van der Waals surface area contributed by atoms with Gasteiger partial charge in [-0.25, -0.2) is 4.98 Å². The molecule has 1 heterocycles. The van der Waals surface area contributed by atoms with Crippen molar-refractivity contribution in [3.8, 4) is 0 Å². The summed E-state index contributed by atoms with van der Waals surface area (Å²) < 4.78 is 0. The average molecular weight is 434 g/mol. The van der Waals surface area contributed by atoms with Crippen molar-refractivity contribution in [2.45, 2.75) is 19.4 Å². The van der Waals surface area contributed by atoms with Crippen LogP contribution >= 0.6 is 34.5 Å². The van der Waals surface area contributed by atoms with Crippen LogP contribution in [-0.4, -0.2) is 16.8 Å². The molecule has 5 nitrogen and oxygen atoms in total. The summed E-state index contributed by atoms with van der Waals surface area (Å²) in [5, 5.41) is 9.19. The van der Waals surface area contributed by atoms with Crippen LogP contribution in [0.3, 0.4) is 0 Å². The molecule has 1 aromatic heterocycles. The van der Waals surface area contributed by atoms with E-state index in [-0.39, 0.29) is 11.8 Å². The number of rotatable bonds is 7. The predicted molar refractivity (Wildman–Crippen MR) is 113 cm³/mol. The number of hydrogen-bond acceptors (Lipinski definition) is 4. The Labute approximate surface area is 176 Å². The van der Waals surface area contributed by atoms with Gasteiger partial charge in [0.15, 0.2) is 5.13 Å². The third-order valence-electron chi connectivity index (χ3n) is 3.89. The second-order valence-corrected chi connectivity index (χ2v) is 7.74. The number of carbonyl (C=O) groups excluding carboxylic acids is 2. The second-order valence-electron chi connectivity index (χ2n) is 6.01. The maximum absolute atomic E-state index is 12.2. The van der Waals surface area contributed by atoms with Gasteiger partial charge in [-0.3, -0.25) is 14.9 Å². The first-order chi connectivity index (χ1) is 13.5. The van der Waals surface area contributed by atoms with Gasteiger partial charge < -0.3 is 5.32 Å². The number of amides is 2. The van der Waals surface area contributed by atoms with Crippen molar-refractivity contribution < 1.29 is 9.59 Å². The summed E-state index contributed by atoms with van der Waals surface area (Å²) in [4.78, 5) is 28.6. The van der Waals surface area contributed by atoms with Gasteiger partial charge in [0.2, 0.25) is 5.91 Å². The van der Waals surface area contributed by atoms with E-state index < -0.39 is 0 Å². The van der Waals surface area contributed by atoms with Crippen LogP contribution in [0.15, 0.2) is 53.9 Å². The fraction of sp³-hybridized carbons (Fsp3) is 0.150. The number of carbonyl (C=O) groups is 2. The molecule has 0 saturated heterocycles. The van der Waals surface area contributed by atoms with Crippen molar-refractivity contribution in [3.63, 3.8) is 0 Å². The molecule has 144 valence electrons. The Balaban J connectivity index is 1.45. The van der Waals surface area contributed by atoms with Gasteiger partial charge in [-0.15, -0.1) is 11.3 Å². The summed E-state index contributed by atoms with van der Waals surface area (Å²) in [6.07, 6.45) is 0.821. The van der Waals surface area contributed by atoms with Gasteiger partial charge in [0.25, 0.3) is 5.91 Å². The molecule has 0 bridgehead atoms. The molecule has 0 unspecified atom stereocenters. The molecule has 3 rings (SSSR count). The van der Waals surface area contributed by atoms with Crippen LogP contribution in [0.2, 0.25) is 10.0 Å². The molecule has 3 aromatic rings.